The topological polar surface area (TPSA) is 63.8 Å². The number of imidazole rings is 1. The van der Waals surface area contributed by atoms with Gasteiger partial charge >= 0.3 is 0 Å². The van der Waals surface area contributed by atoms with Gasteiger partial charge in [0.05, 0.1) is 28.7 Å². The van der Waals surface area contributed by atoms with Crippen LogP contribution in [0, 0.1) is 6.92 Å². The number of thiophene rings is 1. The van der Waals surface area contributed by atoms with Crippen molar-refractivity contribution in [3.05, 3.63) is 29.2 Å². The highest BCUT2D eigenvalue weighted by Gasteiger charge is 2.13. The van der Waals surface area contributed by atoms with E-state index in [0.717, 1.165) is 26.1 Å². The molecular weight excluding hydrogens is 280 g/mol. The Bertz CT molecular complexity index is 734. The molecule has 0 aliphatic heterocycles. The highest BCUT2D eigenvalue weighted by molar-refractivity contribution is 7.99. The molecule has 0 bridgehead atoms. The highest BCUT2D eigenvalue weighted by atomic mass is 32.2. The van der Waals surface area contributed by atoms with E-state index in [1.807, 2.05) is 18.5 Å². The molecule has 0 spiro atoms. The third-order valence-electron chi connectivity index (χ3n) is 2.89. The summed E-state index contributed by atoms with van der Waals surface area (Å²) < 4.78 is 2.96. The zero-order chi connectivity index (χ0) is 13.4. The van der Waals surface area contributed by atoms with Crippen LogP contribution in [0.1, 0.15) is 11.3 Å². The normalized spacial score (nSPS) is 11.3. The highest BCUT2D eigenvalue weighted by Crippen LogP contribution is 2.34. The first kappa shape index (κ1) is 12.6. The minimum atomic E-state index is -0.0125. The number of aromatic nitrogens is 4. The molecule has 5 nitrogen and oxygen atoms in total. The van der Waals surface area contributed by atoms with E-state index in [9.17, 15) is 5.11 Å². The van der Waals surface area contributed by atoms with Gasteiger partial charge in [0, 0.05) is 7.05 Å². The van der Waals surface area contributed by atoms with Gasteiger partial charge in [0.2, 0.25) is 0 Å². The molecule has 0 aliphatic carbocycles. The van der Waals surface area contributed by atoms with Crippen LogP contribution in [-0.2, 0) is 13.7 Å². The molecule has 0 unspecified atom stereocenters. The van der Waals surface area contributed by atoms with Crippen LogP contribution in [0.15, 0.2) is 28.1 Å². The summed E-state index contributed by atoms with van der Waals surface area (Å²) in [6.07, 6.45) is 3.26. The van der Waals surface area contributed by atoms with E-state index in [2.05, 4.69) is 20.3 Å². The second kappa shape index (κ2) is 4.92. The van der Waals surface area contributed by atoms with Gasteiger partial charge in [-0.2, -0.15) is 0 Å². The van der Waals surface area contributed by atoms with Crippen molar-refractivity contribution < 1.29 is 5.11 Å². The first-order valence-electron chi connectivity index (χ1n) is 5.69. The van der Waals surface area contributed by atoms with Gasteiger partial charge in [0.1, 0.15) is 11.4 Å². The summed E-state index contributed by atoms with van der Waals surface area (Å²) >= 11 is 3.14. The van der Waals surface area contributed by atoms with Crippen molar-refractivity contribution in [1.29, 1.82) is 0 Å². The number of aliphatic hydroxyl groups is 1. The van der Waals surface area contributed by atoms with Crippen molar-refractivity contribution in [2.24, 2.45) is 7.05 Å². The molecule has 0 saturated carbocycles. The van der Waals surface area contributed by atoms with Gasteiger partial charge in [-0.25, -0.2) is 15.0 Å². The van der Waals surface area contributed by atoms with Crippen LogP contribution in [0.3, 0.4) is 0 Å². The molecule has 0 fully saturated rings. The second-order valence-electron chi connectivity index (χ2n) is 4.13. The lowest BCUT2D eigenvalue weighted by molar-refractivity contribution is 0.271. The number of rotatable bonds is 3. The minimum absolute atomic E-state index is 0.0125. The predicted octanol–water partition coefficient (Wildman–Crippen LogP) is 2.38. The molecule has 0 saturated heterocycles. The maximum atomic E-state index is 9.18. The standard InChI is InChI=1S/C12H12N4OS2/c1-7-5-18-10-9(7)14-6-15-11(10)19-12-13-3-8(4-17)16(12)2/h3,5-6,17H,4H2,1-2H3. The smallest absolute Gasteiger partial charge is 0.174 e. The van der Waals surface area contributed by atoms with Crippen LogP contribution < -0.4 is 0 Å². The lowest BCUT2D eigenvalue weighted by Gasteiger charge is -2.03. The fourth-order valence-corrected chi connectivity index (χ4v) is 3.75. The Morgan fingerprint density at radius 3 is 2.95 bits per heavy atom. The van der Waals surface area contributed by atoms with Crippen molar-refractivity contribution >= 4 is 33.3 Å². The Labute approximate surface area is 118 Å². The molecule has 0 radical (unpaired) electrons. The number of aryl methyl sites for hydroxylation is 1. The summed E-state index contributed by atoms with van der Waals surface area (Å²) in [6.45, 7) is 2.03. The van der Waals surface area contributed by atoms with E-state index in [1.54, 1.807) is 23.9 Å². The van der Waals surface area contributed by atoms with E-state index in [4.69, 9.17) is 0 Å². The molecule has 1 N–H and O–H groups in total. The number of aliphatic hydroxyl groups excluding tert-OH is 1. The lowest BCUT2D eigenvalue weighted by Crippen LogP contribution is -1.97. The van der Waals surface area contributed by atoms with Crippen LogP contribution in [-0.4, -0.2) is 24.6 Å². The summed E-state index contributed by atoms with van der Waals surface area (Å²) in [4.78, 5) is 12.9. The summed E-state index contributed by atoms with van der Waals surface area (Å²) in [5.41, 5.74) is 2.95. The molecule has 3 aromatic heterocycles. The molecule has 0 amide bonds. The van der Waals surface area contributed by atoms with Crippen LogP contribution in [0.2, 0.25) is 0 Å². The fraction of sp³-hybridized carbons (Fsp3) is 0.250. The van der Waals surface area contributed by atoms with E-state index in [-0.39, 0.29) is 6.61 Å². The molecule has 0 aliphatic rings. The van der Waals surface area contributed by atoms with Crippen molar-refractivity contribution in [2.45, 2.75) is 23.7 Å². The monoisotopic (exact) mass is 292 g/mol. The van der Waals surface area contributed by atoms with Gasteiger partial charge in [-0.1, -0.05) is 0 Å². The van der Waals surface area contributed by atoms with Gasteiger partial charge in [0.15, 0.2) is 5.16 Å². The van der Waals surface area contributed by atoms with E-state index in [0.29, 0.717) is 0 Å². The summed E-state index contributed by atoms with van der Waals surface area (Å²) in [5, 5.41) is 13.0. The Balaban J connectivity index is 2.03. The molecule has 0 atom stereocenters. The largest absolute Gasteiger partial charge is 0.390 e. The van der Waals surface area contributed by atoms with Crippen LogP contribution in [0.25, 0.3) is 10.2 Å². The van der Waals surface area contributed by atoms with Crippen molar-refractivity contribution in [3.63, 3.8) is 0 Å². The molecule has 98 valence electrons. The Morgan fingerprint density at radius 2 is 2.21 bits per heavy atom. The number of hydrogen-bond acceptors (Lipinski definition) is 6. The van der Waals surface area contributed by atoms with Gasteiger partial charge < -0.3 is 9.67 Å². The molecular formula is C12H12N4OS2. The van der Waals surface area contributed by atoms with E-state index < -0.39 is 0 Å². The van der Waals surface area contributed by atoms with Crippen LogP contribution in [0.5, 0.6) is 0 Å². The summed E-state index contributed by atoms with van der Waals surface area (Å²) in [7, 11) is 1.89. The van der Waals surface area contributed by atoms with E-state index in [1.165, 1.54) is 17.3 Å². The number of nitrogens with zero attached hydrogens (tertiary/aromatic N) is 4. The Morgan fingerprint density at radius 1 is 1.37 bits per heavy atom. The Hall–Kier alpha value is -1.44. The van der Waals surface area contributed by atoms with Gasteiger partial charge in [-0.3, -0.25) is 0 Å². The first-order chi connectivity index (χ1) is 9.20. The lowest BCUT2D eigenvalue weighted by atomic mass is 10.3. The van der Waals surface area contributed by atoms with Crippen LogP contribution >= 0.6 is 23.1 Å². The number of hydrogen-bond donors (Lipinski definition) is 1. The predicted molar refractivity (Wildman–Crippen MR) is 75.4 cm³/mol. The molecule has 3 heterocycles. The van der Waals surface area contributed by atoms with Crippen molar-refractivity contribution in [1.82, 2.24) is 19.5 Å². The maximum Gasteiger partial charge on any atom is 0.174 e. The first-order valence-corrected chi connectivity index (χ1v) is 7.38. The van der Waals surface area contributed by atoms with Crippen molar-refractivity contribution in [2.75, 3.05) is 0 Å². The molecule has 19 heavy (non-hydrogen) atoms. The maximum absolute atomic E-state index is 9.18. The summed E-state index contributed by atoms with van der Waals surface area (Å²) in [6, 6.07) is 0. The molecule has 3 aromatic rings. The van der Waals surface area contributed by atoms with Crippen LogP contribution in [0.4, 0.5) is 0 Å². The zero-order valence-electron chi connectivity index (χ0n) is 10.5. The van der Waals surface area contributed by atoms with Crippen molar-refractivity contribution in [3.8, 4) is 0 Å². The summed E-state index contributed by atoms with van der Waals surface area (Å²) in [5.74, 6) is 0. The average Bonchev–Trinajstić information content (AvgIpc) is 2.96. The second-order valence-corrected chi connectivity index (χ2v) is 5.96. The van der Waals surface area contributed by atoms with Gasteiger partial charge in [-0.05, 0) is 29.6 Å². The molecule has 3 rings (SSSR count). The van der Waals surface area contributed by atoms with E-state index >= 15 is 0 Å². The third kappa shape index (κ3) is 2.13. The zero-order valence-corrected chi connectivity index (χ0v) is 12.1. The molecule has 0 aromatic carbocycles. The van der Waals surface area contributed by atoms with Gasteiger partial charge in [-0.15, -0.1) is 11.3 Å². The average molecular weight is 292 g/mol. The Kier molecular flexibility index (Phi) is 3.26. The third-order valence-corrected chi connectivity index (χ3v) is 5.18. The number of fused-ring (bicyclic) bond motifs is 1. The SMILES string of the molecule is Cc1csc2c(Sc3ncc(CO)n3C)ncnc12. The van der Waals surface area contributed by atoms with Gasteiger partial charge in [0.25, 0.3) is 0 Å². The fourth-order valence-electron chi connectivity index (χ4n) is 1.77. The quantitative estimate of drug-likeness (QED) is 0.751. The molecule has 7 heteroatoms. The minimum Gasteiger partial charge on any atom is -0.390 e.